The van der Waals surface area contributed by atoms with Crippen molar-refractivity contribution < 1.29 is 13.2 Å². The second-order valence-electron chi connectivity index (χ2n) is 7.46. The van der Waals surface area contributed by atoms with Gasteiger partial charge in [0.1, 0.15) is 4.21 Å². The molecule has 1 aromatic carbocycles. The molecule has 2 aliphatic heterocycles. The Hall–Kier alpha value is -1.70. The van der Waals surface area contributed by atoms with Crippen molar-refractivity contribution in [3.63, 3.8) is 0 Å². The van der Waals surface area contributed by atoms with Crippen molar-refractivity contribution in [2.75, 3.05) is 18.0 Å². The van der Waals surface area contributed by atoms with Gasteiger partial charge in [0.2, 0.25) is 5.91 Å². The molecule has 2 unspecified atom stereocenters. The number of hydrogen-bond acceptors (Lipinski definition) is 4. The number of amides is 1. The van der Waals surface area contributed by atoms with Crippen molar-refractivity contribution in [1.82, 2.24) is 4.31 Å². The fourth-order valence-corrected chi connectivity index (χ4v) is 7.10. The molecule has 1 fully saturated rings. The summed E-state index contributed by atoms with van der Waals surface area (Å²) in [5.74, 6) is -0.238. The van der Waals surface area contributed by atoms with Gasteiger partial charge >= 0.3 is 0 Å². The second kappa shape index (κ2) is 7.04. The number of fused-ring (bicyclic) bond motifs is 1. The monoisotopic (exact) mass is 404 g/mol. The highest BCUT2D eigenvalue weighted by molar-refractivity contribution is 7.91. The van der Waals surface area contributed by atoms with Crippen molar-refractivity contribution in [2.45, 2.75) is 43.4 Å². The van der Waals surface area contributed by atoms with Crippen LogP contribution in [-0.4, -0.2) is 37.8 Å². The Morgan fingerprint density at radius 1 is 1.19 bits per heavy atom. The van der Waals surface area contributed by atoms with Gasteiger partial charge in [-0.25, -0.2) is 8.42 Å². The third-order valence-corrected chi connectivity index (χ3v) is 8.82. The number of aryl methyl sites for hydroxylation is 1. The maximum Gasteiger partial charge on any atom is 0.252 e. The number of piperidine rings is 1. The Morgan fingerprint density at radius 2 is 1.96 bits per heavy atom. The summed E-state index contributed by atoms with van der Waals surface area (Å²) in [7, 11) is -3.52. The lowest BCUT2D eigenvalue weighted by atomic mass is 9.97. The van der Waals surface area contributed by atoms with Gasteiger partial charge < -0.3 is 4.90 Å². The van der Waals surface area contributed by atoms with E-state index in [1.165, 1.54) is 21.2 Å². The molecule has 0 bridgehead atoms. The normalized spacial score (nSPS) is 23.4. The highest BCUT2D eigenvalue weighted by Crippen LogP contribution is 2.35. The predicted molar refractivity (Wildman–Crippen MR) is 108 cm³/mol. The number of carbonyl (C=O) groups excluding carboxylic acids is 1. The zero-order valence-corrected chi connectivity index (χ0v) is 17.2. The summed E-state index contributed by atoms with van der Waals surface area (Å²) in [4.78, 5) is 16.1. The lowest BCUT2D eigenvalue weighted by Crippen LogP contribution is -2.48. The van der Waals surface area contributed by atoms with Gasteiger partial charge in [0.25, 0.3) is 10.0 Å². The minimum absolute atomic E-state index is 0.0507. The summed E-state index contributed by atoms with van der Waals surface area (Å²) in [5.41, 5.74) is 2.16. The first-order valence-electron chi connectivity index (χ1n) is 9.35. The van der Waals surface area contributed by atoms with E-state index in [1.807, 2.05) is 36.1 Å². The number of hydrogen-bond donors (Lipinski definition) is 0. The smallest absolute Gasteiger partial charge is 0.252 e. The fourth-order valence-electron chi connectivity index (χ4n) is 4.14. The van der Waals surface area contributed by atoms with E-state index in [4.69, 9.17) is 0 Å². The lowest BCUT2D eigenvalue weighted by Gasteiger charge is -2.34. The largest absolute Gasteiger partial charge is 0.309 e. The van der Waals surface area contributed by atoms with Crippen molar-refractivity contribution in [3.05, 3.63) is 46.8 Å². The highest BCUT2D eigenvalue weighted by atomic mass is 32.2. The quantitative estimate of drug-likeness (QED) is 0.787. The van der Waals surface area contributed by atoms with Gasteiger partial charge in [-0.15, -0.1) is 11.3 Å². The molecule has 1 amide bonds. The van der Waals surface area contributed by atoms with Crippen LogP contribution in [0.4, 0.5) is 5.69 Å². The number of benzene rings is 1. The maximum atomic E-state index is 13.3. The molecule has 2 aromatic rings. The molecular weight excluding hydrogens is 380 g/mol. The molecule has 5 nitrogen and oxygen atoms in total. The predicted octanol–water partition coefficient (Wildman–Crippen LogP) is 3.44. The summed E-state index contributed by atoms with van der Waals surface area (Å²) in [6.45, 7) is 4.71. The van der Waals surface area contributed by atoms with Crippen LogP contribution in [0.3, 0.4) is 0 Å². The van der Waals surface area contributed by atoms with Gasteiger partial charge in [0.05, 0.1) is 5.92 Å². The van der Waals surface area contributed by atoms with Crippen LogP contribution in [0.5, 0.6) is 0 Å². The third kappa shape index (κ3) is 3.32. The van der Waals surface area contributed by atoms with Crippen LogP contribution in [0, 0.1) is 12.8 Å². The molecule has 144 valence electrons. The Bertz CT molecular complexity index is 967. The first kappa shape index (κ1) is 18.7. The third-order valence-electron chi connectivity index (χ3n) is 5.49. The molecule has 0 saturated carbocycles. The topological polar surface area (TPSA) is 57.7 Å². The second-order valence-corrected chi connectivity index (χ2v) is 10.9. The Balaban J connectivity index is 1.56. The van der Waals surface area contributed by atoms with E-state index < -0.39 is 10.0 Å². The number of rotatable bonds is 3. The molecule has 3 heterocycles. The summed E-state index contributed by atoms with van der Waals surface area (Å²) >= 11 is 1.29. The minimum atomic E-state index is -3.52. The van der Waals surface area contributed by atoms with Gasteiger partial charge in [0.15, 0.2) is 0 Å². The minimum Gasteiger partial charge on any atom is -0.309 e. The summed E-state index contributed by atoms with van der Waals surface area (Å²) in [5, 5.41) is 0. The number of carbonyl (C=O) groups is 1. The van der Waals surface area contributed by atoms with Gasteiger partial charge in [0, 0.05) is 29.7 Å². The molecule has 0 aliphatic carbocycles. The first-order chi connectivity index (χ1) is 12.9. The molecule has 27 heavy (non-hydrogen) atoms. The van der Waals surface area contributed by atoms with E-state index in [2.05, 4.69) is 13.0 Å². The average molecular weight is 405 g/mol. The van der Waals surface area contributed by atoms with E-state index in [0.717, 1.165) is 23.4 Å². The van der Waals surface area contributed by atoms with Crippen molar-refractivity contribution in [3.8, 4) is 0 Å². The molecule has 2 aliphatic rings. The standard InChI is InChI=1S/C20H24N2O3S2/c1-14-12-16-6-3-4-8-18(16)22(14)20(23)17-7-5-11-21(13-17)27(24,25)19-10-9-15(2)26-19/h3-4,6,8-10,14,17H,5,7,11-13H2,1-2H3. The van der Waals surface area contributed by atoms with Gasteiger partial charge in [-0.1, -0.05) is 18.2 Å². The van der Waals surface area contributed by atoms with Crippen LogP contribution in [-0.2, 0) is 21.2 Å². The zero-order chi connectivity index (χ0) is 19.2. The van der Waals surface area contributed by atoms with Crippen LogP contribution in [0.1, 0.15) is 30.2 Å². The van der Waals surface area contributed by atoms with Crippen LogP contribution < -0.4 is 4.90 Å². The summed E-state index contributed by atoms with van der Waals surface area (Å²) in [6.07, 6.45) is 2.30. The van der Waals surface area contributed by atoms with E-state index in [9.17, 15) is 13.2 Å². The molecule has 1 saturated heterocycles. The Kier molecular flexibility index (Phi) is 4.86. The van der Waals surface area contributed by atoms with Crippen molar-refractivity contribution in [2.24, 2.45) is 5.92 Å². The molecule has 0 spiro atoms. The van der Waals surface area contributed by atoms with E-state index in [-0.39, 0.29) is 24.4 Å². The average Bonchev–Trinajstić information content (AvgIpc) is 3.24. The van der Waals surface area contributed by atoms with Gasteiger partial charge in [-0.2, -0.15) is 4.31 Å². The van der Waals surface area contributed by atoms with Crippen LogP contribution in [0.2, 0.25) is 0 Å². The summed E-state index contributed by atoms with van der Waals surface area (Å²) < 4.78 is 27.8. The number of nitrogens with zero attached hydrogens (tertiary/aromatic N) is 2. The maximum absolute atomic E-state index is 13.3. The zero-order valence-electron chi connectivity index (χ0n) is 15.6. The van der Waals surface area contributed by atoms with Crippen LogP contribution >= 0.6 is 11.3 Å². The number of sulfonamides is 1. The molecule has 2 atom stereocenters. The highest BCUT2D eigenvalue weighted by Gasteiger charge is 2.39. The van der Waals surface area contributed by atoms with Crippen LogP contribution in [0.25, 0.3) is 0 Å². The molecule has 1 aromatic heterocycles. The summed E-state index contributed by atoms with van der Waals surface area (Å²) in [6, 6.07) is 11.6. The first-order valence-corrected chi connectivity index (χ1v) is 11.6. The number of anilines is 1. The van der Waals surface area contributed by atoms with E-state index in [1.54, 1.807) is 6.07 Å². The van der Waals surface area contributed by atoms with E-state index >= 15 is 0 Å². The van der Waals surface area contributed by atoms with Crippen molar-refractivity contribution in [1.29, 1.82) is 0 Å². The SMILES string of the molecule is Cc1ccc(S(=O)(=O)N2CCCC(C(=O)N3c4ccccc4CC3C)C2)s1. The van der Waals surface area contributed by atoms with Crippen molar-refractivity contribution >= 4 is 33.0 Å². The molecule has 0 N–H and O–H groups in total. The molecule has 7 heteroatoms. The van der Waals surface area contributed by atoms with Crippen LogP contribution in [0.15, 0.2) is 40.6 Å². The Morgan fingerprint density at radius 3 is 2.70 bits per heavy atom. The van der Waals surface area contributed by atoms with E-state index in [0.29, 0.717) is 17.2 Å². The number of thiophene rings is 1. The van der Waals surface area contributed by atoms with Gasteiger partial charge in [-0.3, -0.25) is 4.79 Å². The van der Waals surface area contributed by atoms with Gasteiger partial charge in [-0.05, 0) is 56.9 Å². The lowest BCUT2D eigenvalue weighted by molar-refractivity contribution is -0.123. The molecule has 4 rings (SSSR count). The fraction of sp³-hybridized carbons (Fsp3) is 0.450. The Labute approximate surface area is 164 Å². The molecule has 0 radical (unpaired) electrons. The molecular formula is C20H24N2O3S2. The number of para-hydroxylation sites is 1.